The summed E-state index contributed by atoms with van der Waals surface area (Å²) in [6.45, 7) is 1.96. The number of aromatic nitrogens is 3. The fourth-order valence-electron chi connectivity index (χ4n) is 2.17. The molecular weight excluding hydrogens is 308 g/mol. The van der Waals surface area contributed by atoms with E-state index in [1.165, 1.54) is 11.3 Å². The van der Waals surface area contributed by atoms with Crippen molar-refractivity contribution in [3.05, 3.63) is 65.7 Å². The van der Waals surface area contributed by atoms with Crippen molar-refractivity contribution >= 4 is 17.2 Å². The van der Waals surface area contributed by atoms with Crippen molar-refractivity contribution in [3.63, 3.8) is 0 Å². The van der Waals surface area contributed by atoms with Gasteiger partial charge in [0, 0.05) is 31.2 Å². The van der Waals surface area contributed by atoms with Gasteiger partial charge in [0.15, 0.2) is 0 Å². The van der Waals surface area contributed by atoms with Crippen molar-refractivity contribution in [1.29, 1.82) is 0 Å². The highest BCUT2D eigenvalue weighted by Crippen LogP contribution is 2.27. The van der Waals surface area contributed by atoms with E-state index in [2.05, 4.69) is 15.0 Å². The van der Waals surface area contributed by atoms with Crippen LogP contribution in [0.25, 0.3) is 10.6 Å². The standard InChI is InChI=1S/C17H16N4OS/c1-12(14-7-3-4-9-19-14)21(2)17(22)15-11-20-16(23-15)13-6-5-8-18-10-13/h3-12H,1-2H3. The number of rotatable bonds is 4. The Labute approximate surface area is 138 Å². The molecule has 0 aliphatic carbocycles. The van der Waals surface area contributed by atoms with Gasteiger partial charge >= 0.3 is 0 Å². The largest absolute Gasteiger partial charge is 0.333 e. The Kier molecular flexibility index (Phi) is 4.43. The third-order valence-electron chi connectivity index (χ3n) is 3.64. The van der Waals surface area contributed by atoms with Crippen LogP contribution in [0.15, 0.2) is 55.1 Å². The number of carbonyl (C=O) groups is 1. The molecule has 116 valence electrons. The van der Waals surface area contributed by atoms with Crippen LogP contribution >= 0.6 is 11.3 Å². The second-order valence-corrected chi connectivity index (χ2v) is 6.15. The topological polar surface area (TPSA) is 59.0 Å². The molecule has 0 aliphatic rings. The van der Waals surface area contributed by atoms with Crippen LogP contribution in [0.5, 0.6) is 0 Å². The molecule has 0 N–H and O–H groups in total. The van der Waals surface area contributed by atoms with Crippen molar-refractivity contribution in [2.45, 2.75) is 13.0 Å². The van der Waals surface area contributed by atoms with E-state index in [1.54, 1.807) is 36.7 Å². The SMILES string of the molecule is CC(c1ccccn1)N(C)C(=O)c1cnc(-c2cccnc2)s1. The molecule has 0 radical (unpaired) electrons. The summed E-state index contributed by atoms with van der Waals surface area (Å²) in [5, 5.41) is 0.792. The van der Waals surface area contributed by atoms with Gasteiger partial charge in [-0.1, -0.05) is 6.07 Å². The maximum Gasteiger partial charge on any atom is 0.265 e. The van der Waals surface area contributed by atoms with Gasteiger partial charge in [-0.25, -0.2) is 4.98 Å². The van der Waals surface area contributed by atoms with Crippen LogP contribution in [0.2, 0.25) is 0 Å². The summed E-state index contributed by atoms with van der Waals surface area (Å²) >= 11 is 1.37. The van der Waals surface area contributed by atoms with Gasteiger partial charge in [0.25, 0.3) is 5.91 Å². The second kappa shape index (κ2) is 6.66. The number of amides is 1. The van der Waals surface area contributed by atoms with Crippen LogP contribution in [0.3, 0.4) is 0 Å². The van der Waals surface area contributed by atoms with Crippen LogP contribution in [0.1, 0.15) is 28.3 Å². The molecule has 0 aromatic carbocycles. The van der Waals surface area contributed by atoms with Gasteiger partial charge in [-0.3, -0.25) is 14.8 Å². The quantitative estimate of drug-likeness (QED) is 0.738. The molecule has 0 saturated heterocycles. The van der Waals surface area contributed by atoms with Crippen LogP contribution < -0.4 is 0 Å². The van der Waals surface area contributed by atoms with E-state index in [0.717, 1.165) is 16.3 Å². The number of hydrogen-bond donors (Lipinski definition) is 0. The average molecular weight is 324 g/mol. The Balaban J connectivity index is 1.79. The van der Waals surface area contributed by atoms with Crippen molar-refractivity contribution in [2.24, 2.45) is 0 Å². The van der Waals surface area contributed by atoms with E-state index >= 15 is 0 Å². The molecular formula is C17H16N4OS. The lowest BCUT2D eigenvalue weighted by molar-refractivity contribution is 0.0744. The molecule has 3 aromatic heterocycles. The van der Waals surface area contributed by atoms with Gasteiger partial charge in [-0.05, 0) is 31.2 Å². The summed E-state index contributed by atoms with van der Waals surface area (Å²) in [7, 11) is 1.78. The van der Waals surface area contributed by atoms with Gasteiger partial charge in [0.05, 0.1) is 17.9 Å². The minimum atomic E-state index is -0.104. The number of pyridine rings is 2. The van der Waals surface area contributed by atoms with E-state index < -0.39 is 0 Å². The van der Waals surface area contributed by atoms with E-state index in [9.17, 15) is 4.79 Å². The van der Waals surface area contributed by atoms with E-state index in [4.69, 9.17) is 0 Å². The molecule has 6 heteroatoms. The Hall–Kier alpha value is -2.60. The van der Waals surface area contributed by atoms with Gasteiger partial charge in [-0.2, -0.15) is 0 Å². The first kappa shape index (κ1) is 15.3. The number of thiazole rings is 1. The zero-order valence-electron chi connectivity index (χ0n) is 12.9. The lowest BCUT2D eigenvalue weighted by atomic mass is 10.2. The van der Waals surface area contributed by atoms with Gasteiger partial charge in [0.2, 0.25) is 0 Å². The summed E-state index contributed by atoms with van der Waals surface area (Å²) in [5.41, 5.74) is 1.78. The molecule has 1 amide bonds. The summed E-state index contributed by atoms with van der Waals surface area (Å²) in [4.78, 5) is 27.7. The maximum atomic E-state index is 12.7. The van der Waals surface area contributed by atoms with E-state index in [-0.39, 0.29) is 11.9 Å². The first-order chi connectivity index (χ1) is 11.2. The third-order valence-corrected chi connectivity index (χ3v) is 4.68. The van der Waals surface area contributed by atoms with E-state index in [0.29, 0.717) is 4.88 Å². The molecule has 0 fully saturated rings. The van der Waals surface area contributed by atoms with Gasteiger partial charge in [-0.15, -0.1) is 11.3 Å². The predicted molar refractivity (Wildman–Crippen MR) is 90.1 cm³/mol. The monoisotopic (exact) mass is 324 g/mol. The lowest BCUT2D eigenvalue weighted by Crippen LogP contribution is -2.29. The molecule has 0 aliphatic heterocycles. The Bertz CT molecular complexity index is 789. The van der Waals surface area contributed by atoms with Crippen molar-refractivity contribution in [2.75, 3.05) is 7.05 Å². The zero-order chi connectivity index (χ0) is 16.2. The lowest BCUT2D eigenvalue weighted by Gasteiger charge is -2.23. The molecule has 0 bridgehead atoms. The van der Waals surface area contributed by atoms with Crippen molar-refractivity contribution in [3.8, 4) is 10.6 Å². The van der Waals surface area contributed by atoms with Crippen molar-refractivity contribution < 1.29 is 4.79 Å². The fraction of sp³-hybridized carbons (Fsp3) is 0.176. The third kappa shape index (κ3) is 3.27. The number of carbonyl (C=O) groups excluding carboxylic acids is 1. The number of hydrogen-bond acceptors (Lipinski definition) is 5. The second-order valence-electron chi connectivity index (χ2n) is 5.12. The smallest absolute Gasteiger partial charge is 0.265 e. The highest BCUT2D eigenvalue weighted by atomic mass is 32.1. The van der Waals surface area contributed by atoms with Crippen LogP contribution in [0.4, 0.5) is 0 Å². The molecule has 23 heavy (non-hydrogen) atoms. The molecule has 0 saturated carbocycles. The van der Waals surface area contributed by atoms with Crippen LogP contribution in [-0.2, 0) is 0 Å². The van der Waals surface area contributed by atoms with Crippen molar-refractivity contribution in [1.82, 2.24) is 19.9 Å². The molecule has 3 aromatic rings. The summed E-state index contributed by atoms with van der Waals surface area (Å²) in [6.07, 6.45) is 6.81. The first-order valence-corrected chi connectivity index (χ1v) is 8.03. The molecule has 0 spiro atoms. The first-order valence-electron chi connectivity index (χ1n) is 7.21. The summed E-state index contributed by atoms with van der Waals surface area (Å²) < 4.78 is 0. The number of nitrogens with zero attached hydrogens (tertiary/aromatic N) is 4. The highest BCUT2D eigenvalue weighted by molar-refractivity contribution is 7.16. The minimum absolute atomic E-state index is 0.0595. The molecule has 3 rings (SSSR count). The van der Waals surface area contributed by atoms with E-state index in [1.807, 2.05) is 37.3 Å². The predicted octanol–water partition coefficient (Wildman–Crippen LogP) is 3.43. The summed E-state index contributed by atoms with van der Waals surface area (Å²) in [5.74, 6) is -0.0595. The molecule has 1 unspecified atom stereocenters. The van der Waals surface area contributed by atoms with Gasteiger partial charge < -0.3 is 4.90 Å². The Morgan fingerprint density at radius 3 is 2.70 bits per heavy atom. The Morgan fingerprint density at radius 2 is 2.00 bits per heavy atom. The van der Waals surface area contributed by atoms with Crippen LogP contribution in [-0.4, -0.2) is 32.8 Å². The highest BCUT2D eigenvalue weighted by Gasteiger charge is 2.21. The zero-order valence-corrected chi connectivity index (χ0v) is 13.7. The van der Waals surface area contributed by atoms with Crippen LogP contribution in [0, 0.1) is 0 Å². The minimum Gasteiger partial charge on any atom is -0.333 e. The average Bonchev–Trinajstić information content (AvgIpc) is 3.11. The van der Waals surface area contributed by atoms with Gasteiger partial charge in [0.1, 0.15) is 9.88 Å². The Morgan fingerprint density at radius 1 is 1.13 bits per heavy atom. The maximum absolute atomic E-state index is 12.7. The normalized spacial score (nSPS) is 11.9. The molecule has 5 nitrogen and oxygen atoms in total. The molecule has 1 atom stereocenters. The molecule has 3 heterocycles. The summed E-state index contributed by atoms with van der Waals surface area (Å²) in [6, 6.07) is 9.38. The fourth-order valence-corrected chi connectivity index (χ4v) is 3.06.